The molecule has 2 aliphatic rings. The molecule has 0 saturated carbocycles. The van der Waals surface area contributed by atoms with Gasteiger partial charge in [0.2, 0.25) is 0 Å². The maximum Gasteiger partial charge on any atom is 0.254 e. The number of benzene rings is 1. The number of nitrogens with zero attached hydrogens (tertiary/aromatic N) is 2. The molecule has 2 heterocycles. The van der Waals surface area contributed by atoms with Gasteiger partial charge in [-0.05, 0) is 32.2 Å². The fraction of sp³-hybridized carbons (Fsp3) is 0.562. The fourth-order valence-electron chi connectivity index (χ4n) is 2.90. The van der Waals surface area contributed by atoms with Crippen LogP contribution in [0.25, 0.3) is 0 Å². The van der Waals surface area contributed by atoms with Crippen molar-refractivity contribution in [3.63, 3.8) is 0 Å². The molecule has 1 aromatic rings. The smallest absolute Gasteiger partial charge is 0.254 e. The van der Waals surface area contributed by atoms with E-state index in [2.05, 4.69) is 18.9 Å². The number of hydrogen-bond acceptors (Lipinski definition) is 4. The van der Waals surface area contributed by atoms with E-state index in [-0.39, 0.29) is 11.9 Å². The van der Waals surface area contributed by atoms with Crippen LogP contribution in [-0.2, 0) is 0 Å². The second-order valence-electron chi connectivity index (χ2n) is 5.82. The minimum Gasteiger partial charge on any atom is -0.490 e. The number of fused-ring (bicyclic) bond motifs is 1. The van der Waals surface area contributed by atoms with Crippen LogP contribution in [0.4, 0.5) is 0 Å². The van der Waals surface area contributed by atoms with E-state index in [0.717, 1.165) is 31.8 Å². The SMILES string of the molecule is C[C@@H]1CN(C)CCN1C(=O)c1ccc2c(c1)OCCCO2. The standard InChI is InChI=1S/C16H22N2O3/c1-12-11-17(2)6-7-18(12)16(19)13-4-5-14-15(10-13)21-9-3-8-20-14/h4-5,10,12H,3,6-9,11H2,1-2H3/t12-/m1/s1. The van der Waals surface area contributed by atoms with Crippen molar-refractivity contribution in [3.05, 3.63) is 23.8 Å². The number of ether oxygens (including phenoxy) is 2. The van der Waals surface area contributed by atoms with E-state index in [4.69, 9.17) is 9.47 Å². The summed E-state index contributed by atoms with van der Waals surface area (Å²) in [5, 5.41) is 0. The van der Waals surface area contributed by atoms with Crippen molar-refractivity contribution >= 4 is 5.91 Å². The lowest BCUT2D eigenvalue weighted by atomic mass is 10.1. The van der Waals surface area contributed by atoms with Crippen molar-refractivity contribution < 1.29 is 14.3 Å². The Kier molecular flexibility index (Phi) is 4.01. The first kappa shape index (κ1) is 14.2. The highest BCUT2D eigenvalue weighted by Gasteiger charge is 2.27. The highest BCUT2D eigenvalue weighted by molar-refractivity contribution is 5.95. The predicted octanol–water partition coefficient (Wildman–Crippen LogP) is 1.62. The maximum atomic E-state index is 12.7. The largest absolute Gasteiger partial charge is 0.490 e. The van der Waals surface area contributed by atoms with Crippen LogP contribution >= 0.6 is 0 Å². The molecule has 1 fully saturated rings. The van der Waals surface area contributed by atoms with E-state index >= 15 is 0 Å². The van der Waals surface area contributed by atoms with Crippen LogP contribution in [0.3, 0.4) is 0 Å². The van der Waals surface area contributed by atoms with Gasteiger partial charge < -0.3 is 19.3 Å². The Morgan fingerprint density at radius 1 is 1.19 bits per heavy atom. The predicted molar refractivity (Wildman–Crippen MR) is 80.0 cm³/mol. The Bertz CT molecular complexity index is 532. The van der Waals surface area contributed by atoms with Gasteiger partial charge in [0.25, 0.3) is 5.91 Å². The highest BCUT2D eigenvalue weighted by Crippen LogP contribution is 2.31. The molecule has 1 aromatic carbocycles. The molecule has 3 rings (SSSR count). The third kappa shape index (κ3) is 2.97. The van der Waals surface area contributed by atoms with Crippen molar-refractivity contribution in [3.8, 4) is 11.5 Å². The molecule has 0 aliphatic carbocycles. The second-order valence-corrected chi connectivity index (χ2v) is 5.82. The Balaban J connectivity index is 1.80. The Labute approximate surface area is 125 Å². The van der Waals surface area contributed by atoms with Gasteiger partial charge in [0.05, 0.1) is 13.2 Å². The average Bonchev–Trinajstić information content (AvgIpc) is 2.71. The van der Waals surface area contributed by atoms with E-state index in [9.17, 15) is 4.79 Å². The van der Waals surface area contributed by atoms with Gasteiger partial charge >= 0.3 is 0 Å². The number of rotatable bonds is 1. The minimum absolute atomic E-state index is 0.0752. The molecule has 0 radical (unpaired) electrons. The highest BCUT2D eigenvalue weighted by atomic mass is 16.5. The third-order valence-electron chi connectivity index (χ3n) is 4.09. The lowest BCUT2D eigenvalue weighted by molar-refractivity contribution is 0.0533. The number of amides is 1. The molecular formula is C16H22N2O3. The Morgan fingerprint density at radius 3 is 2.71 bits per heavy atom. The van der Waals surface area contributed by atoms with Gasteiger partial charge in [0.1, 0.15) is 0 Å². The summed E-state index contributed by atoms with van der Waals surface area (Å²) >= 11 is 0. The normalized spacial score (nSPS) is 22.8. The van der Waals surface area contributed by atoms with Crippen LogP contribution in [0.2, 0.25) is 0 Å². The van der Waals surface area contributed by atoms with Crippen LogP contribution in [0, 0.1) is 0 Å². The average molecular weight is 290 g/mol. The number of hydrogen-bond donors (Lipinski definition) is 0. The molecule has 114 valence electrons. The van der Waals surface area contributed by atoms with Gasteiger partial charge in [0, 0.05) is 37.7 Å². The monoisotopic (exact) mass is 290 g/mol. The van der Waals surface area contributed by atoms with E-state index < -0.39 is 0 Å². The summed E-state index contributed by atoms with van der Waals surface area (Å²) in [5.74, 6) is 1.49. The molecule has 0 N–H and O–H groups in total. The Hall–Kier alpha value is -1.75. The molecule has 1 saturated heterocycles. The fourth-order valence-corrected chi connectivity index (χ4v) is 2.90. The zero-order valence-electron chi connectivity index (χ0n) is 12.7. The number of piperazine rings is 1. The zero-order valence-corrected chi connectivity index (χ0v) is 12.7. The third-order valence-corrected chi connectivity index (χ3v) is 4.09. The van der Waals surface area contributed by atoms with Gasteiger partial charge in [-0.1, -0.05) is 0 Å². The summed E-state index contributed by atoms with van der Waals surface area (Å²) in [6.45, 7) is 5.99. The van der Waals surface area contributed by atoms with Gasteiger partial charge in [-0.3, -0.25) is 4.79 Å². The van der Waals surface area contributed by atoms with Crippen molar-refractivity contribution in [2.75, 3.05) is 39.9 Å². The van der Waals surface area contributed by atoms with Crippen molar-refractivity contribution in [1.29, 1.82) is 0 Å². The van der Waals surface area contributed by atoms with E-state index in [1.165, 1.54) is 0 Å². The van der Waals surface area contributed by atoms with Crippen molar-refractivity contribution in [2.24, 2.45) is 0 Å². The van der Waals surface area contributed by atoms with Crippen LogP contribution < -0.4 is 9.47 Å². The molecular weight excluding hydrogens is 268 g/mol. The van der Waals surface area contributed by atoms with Gasteiger partial charge in [-0.25, -0.2) is 0 Å². The van der Waals surface area contributed by atoms with Crippen LogP contribution in [0.15, 0.2) is 18.2 Å². The minimum atomic E-state index is 0.0752. The summed E-state index contributed by atoms with van der Waals surface area (Å²) in [5.41, 5.74) is 0.677. The molecule has 5 nitrogen and oxygen atoms in total. The van der Waals surface area contributed by atoms with Crippen LogP contribution in [0.1, 0.15) is 23.7 Å². The first-order chi connectivity index (χ1) is 10.1. The van der Waals surface area contributed by atoms with Crippen LogP contribution in [0.5, 0.6) is 11.5 Å². The summed E-state index contributed by atoms with van der Waals surface area (Å²) < 4.78 is 11.3. The van der Waals surface area contributed by atoms with Crippen LogP contribution in [-0.4, -0.2) is 61.6 Å². The molecule has 1 amide bonds. The summed E-state index contributed by atoms with van der Waals surface area (Å²) in [4.78, 5) is 16.9. The Morgan fingerprint density at radius 2 is 1.95 bits per heavy atom. The molecule has 0 spiro atoms. The van der Waals surface area contributed by atoms with E-state index in [1.54, 1.807) is 0 Å². The second kappa shape index (κ2) is 5.93. The first-order valence-corrected chi connectivity index (χ1v) is 7.54. The number of carbonyl (C=O) groups is 1. The molecule has 0 aromatic heterocycles. The van der Waals surface area contributed by atoms with Crippen molar-refractivity contribution in [1.82, 2.24) is 9.80 Å². The van der Waals surface area contributed by atoms with Crippen molar-refractivity contribution in [2.45, 2.75) is 19.4 Å². The van der Waals surface area contributed by atoms with Gasteiger partial charge in [-0.2, -0.15) is 0 Å². The summed E-state index contributed by atoms with van der Waals surface area (Å²) in [6, 6.07) is 5.72. The summed E-state index contributed by atoms with van der Waals surface area (Å²) in [7, 11) is 2.09. The quantitative estimate of drug-likeness (QED) is 0.788. The van der Waals surface area contributed by atoms with E-state index in [0.29, 0.717) is 24.5 Å². The van der Waals surface area contributed by atoms with Gasteiger partial charge in [-0.15, -0.1) is 0 Å². The van der Waals surface area contributed by atoms with E-state index in [1.807, 2.05) is 23.1 Å². The molecule has 0 unspecified atom stereocenters. The maximum absolute atomic E-state index is 12.7. The zero-order chi connectivity index (χ0) is 14.8. The molecule has 1 atom stereocenters. The molecule has 5 heteroatoms. The molecule has 0 bridgehead atoms. The summed E-state index contributed by atoms with van der Waals surface area (Å²) in [6.07, 6.45) is 0.869. The molecule has 2 aliphatic heterocycles. The molecule has 21 heavy (non-hydrogen) atoms. The lowest BCUT2D eigenvalue weighted by Gasteiger charge is -2.38. The lowest BCUT2D eigenvalue weighted by Crippen LogP contribution is -2.52. The topological polar surface area (TPSA) is 42.0 Å². The van der Waals surface area contributed by atoms with Gasteiger partial charge in [0.15, 0.2) is 11.5 Å². The number of likely N-dealkylation sites (N-methyl/N-ethyl adjacent to an activating group) is 1. The number of carbonyl (C=O) groups excluding carboxylic acids is 1. The first-order valence-electron chi connectivity index (χ1n) is 7.54.